The molecule has 2 N–H and O–H groups in total. The van der Waals surface area contributed by atoms with Crippen molar-refractivity contribution in [3.8, 4) is 11.5 Å². The molecule has 0 aliphatic carbocycles. The Balaban J connectivity index is 1.74. The van der Waals surface area contributed by atoms with Crippen molar-refractivity contribution in [2.75, 3.05) is 7.11 Å². The first kappa shape index (κ1) is 20.6. The fourth-order valence-electron chi connectivity index (χ4n) is 2.97. The van der Waals surface area contributed by atoms with Gasteiger partial charge in [0.2, 0.25) is 0 Å². The lowest BCUT2D eigenvalue weighted by atomic mass is 10.2. The molecule has 0 saturated carbocycles. The molecule has 1 aromatic heterocycles. The van der Waals surface area contributed by atoms with Crippen LogP contribution in [0.5, 0.6) is 11.5 Å². The first-order chi connectivity index (χ1) is 15.1. The molecular weight excluding hydrogens is 456 g/mol. The zero-order valence-corrected chi connectivity index (χ0v) is 18.2. The zero-order chi connectivity index (χ0) is 21.6. The number of benzene rings is 3. The van der Waals surface area contributed by atoms with Crippen molar-refractivity contribution in [3.05, 3.63) is 94.6 Å². The number of aliphatic imine (C=N–C) groups is 1. The Morgan fingerprint density at radius 2 is 1.84 bits per heavy atom. The summed E-state index contributed by atoms with van der Waals surface area (Å²) >= 11 is 3.40. The molecular formula is C24H19BrN4O2. The number of hydrogen-bond donors (Lipinski definition) is 2. The number of hydrogen-bond acceptors (Lipinski definition) is 5. The highest BCUT2D eigenvalue weighted by Gasteiger charge is 2.09. The molecule has 0 fully saturated rings. The number of rotatable bonds is 5. The number of aromatic hydroxyl groups is 1. The molecule has 0 atom stereocenters. The summed E-state index contributed by atoms with van der Waals surface area (Å²) in [6.45, 7) is 0. The Hall–Kier alpha value is -3.71. The summed E-state index contributed by atoms with van der Waals surface area (Å²) in [6, 6.07) is 24.3. The number of hydrazone groups is 1. The molecule has 6 nitrogen and oxygen atoms in total. The van der Waals surface area contributed by atoms with E-state index in [9.17, 15) is 5.11 Å². The SMILES string of the molecule is COc1ccccc1N=C(NN=Cc1cc(Br)ccc1O)c1ccc2ccccc2n1. The van der Waals surface area contributed by atoms with E-state index >= 15 is 0 Å². The highest BCUT2D eigenvalue weighted by atomic mass is 79.9. The monoisotopic (exact) mass is 474 g/mol. The number of fused-ring (bicyclic) bond motifs is 1. The Kier molecular flexibility index (Phi) is 6.24. The van der Waals surface area contributed by atoms with E-state index in [-0.39, 0.29) is 5.75 Å². The van der Waals surface area contributed by atoms with E-state index in [1.807, 2.05) is 60.7 Å². The van der Waals surface area contributed by atoms with E-state index in [2.05, 4.69) is 26.5 Å². The number of aromatic nitrogens is 1. The number of ether oxygens (including phenoxy) is 1. The maximum Gasteiger partial charge on any atom is 0.173 e. The molecule has 0 spiro atoms. The lowest BCUT2D eigenvalue weighted by Crippen LogP contribution is -2.20. The molecule has 4 rings (SSSR count). The topological polar surface area (TPSA) is 79.1 Å². The van der Waals surface area contributed by atoms with Gasteiger partial charge in [0.25, 0.3) is 0 Å². The van der Waals surface area contributed by atoms with Gasteiger partial charge in [0.1, 0.15) is 22.9 Å². The first-order valence-corrected chi connectivity index (χ1v) is 10.3. The second-order valence-corrected chi connectivity index (χ2v) is 7.51. The molecule has 4 aromatic rings. The maximum absolute atomic E-state index is 10.0. The fraction of sp³-hybridized carbons (Fsp3) is 0.0417. The second kappa shape index (κ2) is 9.40. The van der Waals surface area contributed by atoms with Gasteiger partial charge in [-0.25, -0.2) is 9.98 Å². The van der Waals surface area contributed by atoms with Crippen molar-refractivity contribution >= 4 is 44.6 Å². The number of halogens is 1. The van der Waals surface area contributed by atoms with Crippen LogP contribution >= 0.6 is 15.9 Å². The molecule has 0 unspecified atom stereocenters. The Morgan fingerprint density at radius 1 is 1.03 bits per heavy atom. The summed E-state index contributed by atoms with van der Waals surface area (Å²) in [5, 5.41) is 15.4. The van der Waals surface area contributed by atoms with E-state index < -0.39 is 0 Å². The molecule has 1 heterocycles. The Labute approximate surface area is 188 Å². The van der Waals surface area contributed by atoms with Gasteiger partial charge >= 0.3 is 0 Å². The summed E-state index contributed by atoms with van der Waals surface area (Å²) in [6.07, 6.45) is 1.53. The fourth-order valence-corrected chi connectivity index (χ4v) is 3.35. The predicted octanol–water partition coefficient (Wildman–Crippen LogP) is 5.41. The zero-order valence-electron chi connectivity index (χ0n) is 16.7. The molecule has 0 bridgehead atoms. The largest absolute Gasteiger partial charge is 0.507 e. The number of para-hydroxylation sites is 3. The van der Waals surface area contributed by atoms with Gasteiger partial charge in [-0.15, -0.1) is 0 Å². The second-order valence-electron chi connectivity index (χ2n) is 6.59. The number of amidine groups is 1. The van der Waals surface area contributed by atoms with Crippen LogP contribution in [0.25, 0.3) is 10.9 Å². The van der Waals surface area contributed by atoms with Crippen LogP contribution in [-0.2, 0) is 0 Å². The molecule has 0 saturated heterocycles. The lowest BCUT2D eigenvalue weighted by Gasteiger charge is -2.09. The summed E-state index contributed by atoms with van der Waals surface area (Å²) in [5.41, 5.74) is 5.65. The van der Waals surface area contributed by atoms with Gasteiger partial charge in [0.15, 0.2) is 5.84 Å². The molecule has 0 aliphatic heterocycles. The van der Waals surface area contributed by atoms with Crippen LogP contribution in [0.15, 0.2) is 93.4 Å². The number of pyridine rings is 1. The smallest absolute Gasteiger partial charge is 0.173 e. The summed E-state index contributed by atoms with van der Waals surface area (Å²) < 4.78 is 6.26. The molecule has 3 aromatic carbocycles. The van der Waals surface area contributed by atoms with Gasteiger partial charge in [-0.2, -0.15) is 5.10 Å². The van der Waals surface area contributed by atoms with E-state index in [4.69, 9.17) is 14.7 Å². The molecule has 7 heteroatoms. The minimum absolute atomic E-state index is 0.126. The molecule has 31 heavy (non-hydrogen) atoms. The normalized spacial score (nSPS) is 11.7. The number of phenolic OH excluding ortho intramolecular Hbond substituents is 1. The first-order valence-electron chi connectivity index (χ1n) is 9.49. The van der Waals surface area contributed by atoms with Gasteiger partial charge in [-0.05, 0) is 42.5 Å². The van der Waals surface area contributed by atoms with Crippen molar-refractivity contribution in [1.29, 1.82) is 0 Å². The van der Waals surface area contributed by atoms with Crippen LogP contribution in [0, 0.1) is 0 Å². The summed E-state index contributed by atoms with van der Waals surface area (Å²) in [5.74, 6) is 1.21. The van der Waals surface area contributed by atoms with E-state index in [0.717, 1.165) is 15.4 Å². The molecule has 0 aliphatic rings. The third-order valence-electron chi connectivity index (χ3n) is 4.52. The average molecular weight is 475 g/mol. The Morgan fingerprint density at radius 3 is 2.71 bits per heavy atom. The van der Waals surface area contributed by atoms with Crippen LogP contribution in [0.2, 0.25) is 0 Å². The van der Waals surface area contributed by atoms with E-state index in [1.54, 1.807) is 25.3 Å². The van der Waals surface area contributed by atoms with Gasteiger partial charge < -0.3 is 9.84 Å². The average Bonchev–Trinajstić information content (AvgIpc) is 2.80. The highest BCUT2D eigenvalue weighted by Crippen LogP contribution is 2.27. The highest BCUT2D eigenvalue weighted by molar-refractivity contribution is 9.10. The quantitative estimate of drug-likeness (QED) is 0.230. The summed E-state index contributed by atoms with van der Waals surface area (Å²) in [4.78, 5) is 9.43. The van der Waals surface area contributed by atoms with E-state index in [1.165, 1.54) is 6.21 Å². The number of methoxy groups -OCH3 is 1. The Bertz CT molecular complexity index is 1290. The molecule has 154 valence electrons. The van der Waals surface area contributed by atoms with Crippen molar-refractivity contribution in [2.24, 2.45) is 10.1 Å². The third-order valence-corrected chi connectivity index (χ3v) is 5.02. The number of phenols is 1. The third kappa shape index (κ3) is 4.90. The van der Waals surface area contributed by atoms with Crippen molar-refractivity contribution in [3.63, 3.8) is 0 Å². The van der Waals surface area contributed by atoms with Crippen molar-refractivity contribution in [1.82, 2.24) is 10.4 Å². The van der Waals surface area contributed by atoms with Gasteiger partial charge in [0, 0.05) is 15.4 Å². The van der Waals surface area contributed by atoms with Crippen LogP contribution in [0.3, 0.4) is 0 Å². The van der Waals surface area contributed by atoms with Gasteiger partial charge in [0.05, 0.1) is 18.8 Å². The summed E-state index contributed by atoms with van der Waals surface area (Å²) in [7, 11) is 1.60. The molecule has 0 radical (unpaired) electrons. The molecule has 0 amide bonds. The van der Waals surface area contributed by atoms with Crippen LogP contribution in [0.4, 0.5) is 5.69 Å². The standard InChI is InChI=1S/C24H19BrN4O2/c1-31-23-9-5-4-8-20(23)28-24(21-12-10-16-6-2-3-7-19(16)27-21)29-26-15-17-14-18(25)11-13-22(17)30/h2-15,30H,1H3,(H,28,29). The number of nitrogens with zero attached hydrogens (tertiary/aromatic N) is 3. The van der Waals surface area contributed by atoms with Gasteiger partial charge in [-0.1, -0.05) is 52.3 Å². The van der Waals surface area contributed by atoms with Crippen LogP contribution in [-0.4, -0.2) is 29.3 Å². The van der Waals surface area contributed by atoms with E-state index in [0.29, 0.717) is 28.5 Å². The predicted molar refractivity (Wildman–Crippen MR) is 127 cm³/mol. The van der Waals surface area contributed by atoms with Crippen LogP contribution < -0.4 is 10.2 Å². The van der Waals surface area contributed by atoms with Crippen LogP contribution in [0.1, 0.15) is 11.3 Å². The van der Waals surface area contributed by atoms with Crippen molar-refractivity contribution < 1.29 is 9.84 Å². The maximum atomic E-state index is 10.0. The lowest BCUT2D eigenvalue weighted by molar-refractivity contribution is 0.416. The van der Waals surface area contributed by atoms with Crippen molar-refractivity contribution in [2.45, 2.75) is 0 Å². The minimum Gasteiger partial charge on any atom is -0.507 e. The number of nitrogens with one attached hydrogen (secondary N) is 1. The minimum atomic E-state index is 0.126. The van der Waals surface area contributed by atoms with Gasteiger partial charge in [-0.3, -0.25) is 5.43 Å².